The number of nitrogens with one attached hydrogen (secondary N) is 1. The molecule has 21 heavy (non-hydrogen) atoms. The Balaban J connectivity index is 2.17. The van der Waals surface area contributed by atoms with Crippen LogP contribution in [-0.4, -0.2) is 15.9 Å². The molecule has 2 rings (SSSR count). The third-order valence-electron chi connectivity index (χ3n) is 2.52. The predicted molar refractivity (Wildman–Crippen MR) is 71.2 cm³/mol. The molecule has 1 aromatic carbocycles. The lowest BCUT2D eigenvalue weighted by molar-refractivity contribution is -0.137. The number of rotatable bonds is 2. The van der Waals surface area contributed by atoms with E-state index in [-0.39, 0.29) is 16.7 Å². The molecule has 1 heterocycles. The molecule has 1 aromatic heterocycles. The average Bonchev–Trinajstić information content (AvgIpc) is 2.36. The first kappa shape index (κ1) is 15.2. The molecule has 1 N–H and O–H groups in total. The van der Waals surface area contributed by atoms with Crippen LogP contribution in [0.4, 0.5) is 19.1 Å². The van der Waals surface area contributed by atoms with Crippen molar-refractivity contribution in [3.05, 3.63) is 52.3 Å². The van der Waals surface area contributed by atoms with Gasteiger partial charge in [-0.05, 0) is 37.3 Å². The first-order chi connectivity index (χ1) is 9.75. The standard InChI is InChI=1S/C13H9ClF3N3O/c1-7-6-10(14)19-12(18-7)20-11(21)8-2-4-9(5-3-8)13(15,16)17/h2-6H,1H3,(H,18,19,20,21). The molecule has 0 saturated heterocycles. The van der Waals surface area contributed by atoms with Crippen LogP contribution in [0, 0.1) is 6.92 Å². The maximum Gasteiger partial charge on any atom is 0.416 e. The molecule has 0 unspecified atom stereocenters. The minimum Gasteiger partial charge on any atom is -0.290 e. The number of hydrogen-bond acceptors (Lipinski definition) is 3. The van der Waals surface area contributed by atoms with Crippen molar-refractivity contribution in [3.8, 4) is 0 Å². The number of carbonyl (C=O) groups is 1. The number of nitrogens with zero attached hydrogens (tertiary/aromatic N) is 2. The summed E-state index contributed by atoms with van der Waals surface area (Å²) in [5.74, 6) is -0.629. The zero-order chi connectivity index (χ0) is 15.6. The van der Waals surface area contributed by atoms with Gasteiger partial charge in [0.1, 0.15) is 5.15 Å². The van der Waals surface area contributed by atoms with E-state index in [2.05, 4.69) is 15.3 Å². The number of alkyl halides is 3. The van der Waals surface area contributed by atoms with Gasteiger partial charge in [-0.2, -0.15) is 13.2 Å². The van der Waals surface area contributed by atoms with Gasteiger partial charge in [-0.1, -0.05) is 11.6 Å². The van der Waals surface area contributed by atoms with Crippen LogP contribution in [0.15, 0.2) is 30.3 Å². The van der Waals surface area contributed by atoms with Crippen LogP contribution in [-0.2, 0) is 6.18 Å². The molecule has 0 bridgehead atoms. The van der Waals surface area contributed by atoms with Crippen molar-refractivity contribution >= 4 is 23.5 Å². The highest BCUT2D eigenvalue weighted by molar-refractivity contribution is 6.29. The zero-order valence-electron chi connectivity index (χ0n) is 10.7. The molecular formula is C13H9ClF3N3O. The van der Waals surface area contributed by atoms with Gasteiger partial charge in [-0.3, -0.25) is 10.1 Å². The fourth-order valence-electron chi connectivity index (χ4n) is 1.57. The molecule has 1 amide bonds. The molecule has 0 spiro atoms. The fraction of sp³-hybridized carbons (Fsp3) is 0.154. The molecule has 0 saturated carbocycles. The first-order valence-electron chi connectivity index (χ1n) is 5.75. The van der Waals surface area contributed by atoms with Gasteiger partial charge in [0.05, 0.1) is 5.56 Å². The van der Waals surface area contributed by atoms with Crippen molar-refractivity contribution in [3.63, 3.8) is 0 Å². The van der Waals surface area contributed by atoms with E-state index in [1.807, 2.05) is 0 Å². The lowest BCUT2D eigenvalue weighted by atomic mass is 10.1. The second-order valence-electron chi connectivity index (χ2n) is 4.18. The number of hydrogen-bond donors (Lipinski definition) is 1. The van der Waals surface area contributed by atoms with E-state index in [0.29, 0.717) is 5.69 Å². The number of benzene rings is 1. The van der Waals surface area contributed by atoms with E-state index in [1.54, 1.807) is 6.92 Å². The Morgan fingerprint density at radius 1 is 1.19 bits per heavy atom. The van der Waals surface area contributed by atoms with Crippen LogP contribution in [0.25, 0.3) is 0 Å². The number of amides is 1. The first-order valence-corrected chi connectivity index (χ1v) is 6.13. The van der Waals surface area contributed by atoms with Crippen molar-refractivity contribution in [2.24, 2.45) is 0 Å². The largest absolute Gasteiger partial charge is 0.416 e. The summed E-state index contributed by atoms with van der Waals surface area (Å²) in [6, 6.07) is 5.33. The molecule has 0 radical (unpaired) electrons. The second-order valence-corrected chi connectivity index (χ2v) is 4.57. The Labute approximate surface area is 123 Å². The lowest BCUT2D eigenvalue weighted by Gasteiger charge is -2.08. The predicted octanol–water partition coefficient (Wildman–Crippen LogP) is 3.71. The topological polar surface area (TPSA) is 54.9 Å². The highest BCUT2D eigenvalue weighted by atomic mass is 35.5. The van der Waals surface area contributed by atoms with Crippen LogP contribution in [0.1, 0.15) is 21.6 Å². The minimum atomic E-state index is -4.44. The summed E-state index contributed by atoms with van der Waals surface area (Å²) in [5.41, 5.74) is -0.212. The maximum absolute atomic E-state index is 12.4. The van der Waals surface area contributed by atoms with E-state index < -0.39 is 17.6 Å². The van der Waals surface area contributed by atoms with Crippen LogP contribution in [0.2, 0.25) is 5.15 Å². The Morgan fingerprint density at radius 3 is 2.33 bits per heavy atom. The van der Waals surface area contributed by atoms with E-state index in [0.717, 1.165) is 24.3 Å². The normalized spacial score (nSPS) is 11.3. The van der Waals surface area contributed by atoms with Gasteiger partial charge >= 0.3 is 6.18 Å². The molecule has 0 atom stereocenters. The molecule has 8 heteroatoms. The smallest absolute Gasteiger partial charge is 0.290 e. The molecule has 4 nitrogen and oxygen atoms in total. The molecular weight excluding hydrogens is 307 g/mol. The number of halogens is 4. The number of anilines is 1. The zero-order valence-corrected chi connectivity index (χ0v) is 11.5. The van der Waals surface area contributed by atoms with Crippen LogP contribution >= 0.6 is 11.6 Å². The van der Waals surface area contributed by atoms with E-state index >= 15 is 0 Å². The Kier molecular flexibility index (Phi) is 4.13. The quantitative estimate of drug-likeness (QED) is 0.860. The van der Waals surface area contributed by atoms with Gasteiger partial charge in [-0.25, -0.2) is 9.97 Å². The molecule has 0 fully saturated rings. The van der Waals surface area contributed by atoms with Crippen molar-refractivity contribution in [2.45, 2.75) is 13.1 Å². The fourth-order valence-corrected chi connectivity index (χ4v) is 1.81. The summed E-state index contributed by atoms with van der Waals surface area (Å²) in [6.45, 7) is 1.67. The van der Waals surface area contributed by atoms with Crippen molar-refractivity contribution in [1.82, 2.24) is 9.97 Å². The maximum atomic E-state index is 12.4. The SMILES string of the molecule is Cc1cc(Cl)nc(NC(=O)c2ccc(C(F)(F)F)cc2)n1. The third-order valence-corrected chi connectivity index (χ3v) is 2.72. The van der Waals surface area contributed by atoms with E-state index in [1.165, 1.54) is 6.07 Å². The van der Waals surface area contributed by atoms with Crippen LogP contribution in [0.3, 0.4) is 0 Å². The van der Waals surface area contributed by atoms with Crippen LogP contribution < -0.4 is 5.32 Å². The average molecular weight is 316 g/mol. The second kappa shape index (κ2) is 5.69. The molecule has 110 valence electrons. The van der Waals surface area contributed by atoms with E-state index in [9.17, 15) is 18.0 Å². The van der Waals surface area contributed by atoms with Gasteiger partial charge in [0.15, 0.2) is 0 Å². The number of aryl methyl sites for hydroxylation is 1. The summed E-state index contributed by atoms with van der Waals surface area (Å²) in [7, 11) is 0. The van der Waals surface area contributed by atoms with Crippen LogP contribution in [0.5, 0.6) is 0 Å². The third kappa shape index (κ3) is 3.91. The van der Waals surface area contributed by atoms with E-state index in [4.69, 9.17) is 11.6 Å². The molecule has 2 aromatic rings. The minimum absolute atomic E-state index is 0.00935. The monoisotopic (exact) mass is 315 g/mol. The van der Waals surface area contributed by atoms with Gasteiger partial charge in [0.2, 0.25) is 5.95 Å². The highest BCUT2D eigenvalue weighted by Crippen LogP contribution is 2.29. The van der Waals surface area contributed by atoms with Gasteiger partial charge in [0.25, 0.3) is 5.91 Å². The van der Waals surface area contributed by atoms with Gasteiger partial charge in [-0.15, -0.1) is 0 Å². The molecule has 0 aliphatic heterocycles. The summed E-state index contributed by atoms with van der Waals surface area (Å²) >= 11 is 5.72. The van der Waals surface area contributed by atoms with Crippen molar-refractivity contribution < 1.29 is 18.0 Å². The highest BCUT2D eigenvalue weighted by Gasteiger charge is 2.30. The Morgan fingerprint density at radius 2 is 1.81 bits per heavy atom. The lowest BCUT2D eigenvalue weighted by Crippen LogP contribution is -2.15. The summed E-state index contributed by atoms with van der Waals surface area (Å²) in [4.78, 5) is 19.6. The number of aromatic nitrogens is 2. The van der Waals surface area contributed by atoms with Crippen molar-refractivity contribution in [1.29, 1.82) is 0 Å². The molecule has 0 aliphatic rings. The summed E-state index contributed by atoms with van der Waals surface area (Å²) in [5, 5.41) is 2.53. The Bertz CT molecular complexity index is 651. The van der Waals surface area contributed by atoms with Crippen molar-refractivity contribution in [2.75, 3.05) is 5.32 Å². The summed E-state index contributed by atoms with van der Waals surface area (Å²) < 4.78 is 37.3. The Hall–Kier alpha value is -2.15. The molecule has 0 aliphatic carbocycles. The summed E-state index contributed by atoms with van der Waals surface area (Å²) in [6.07, 6.45) is -4.44. The number of carbonyl (C=O) groups excluding carboxylic acids is 1. The van der Waals surface area contributed by atoms with Gasteiger partial charge < -0.3 is 0 Å². The van der Waals surface area contributed by atoms with Gasteiger partial charge in [0, 0.05) is 11.3 Å².